The van der Waals surface area contributed by atoms with Crippen LogP contribution >= 0.6 is 0 Å². The number of carbonyl (C=O) groups is 1. The lowest BCUT2D eigenvalue weighted by molar-refractivity contribution is -0.146. The second-order valence-electron chi connectivity index (χ2n) is 5.09. The van der Waals surface area contributed by atoms with Crippen LogP contribution in [-0.4, -0.2) is 27.9 Å². The monoisotopic (exact) mass is 277 g/mol. The first kappa shape index (κ1) is 14.4. The van der Waals surface area contributed by atoms with Gasteiger partial charge in [0.05, 0.1) is 7.11 Å². The number of hydrogen-bond acceptors (Lipinski definition) is 3. The summed E-state index contributed by atoms with van der Waals surface area (Å²) in [5, 5.41) is 19.8. The predicted molar refractivity (Wildman–Crippen MR) is 76.2 cm³/mol. The zero-order valence-electron chi connectivity index (χ0n) is 12.0. The minimum Gasteiger partial charge on any atom is -0.497 e. The number of aromatic nitrogens is 1. The van der Waals surface area contributed by atoms with Gasteiger partial charge in [-0.2, -0.15) is 0 Å². The maximum atomic E-state index is 11.1. The fourth-order valence-corrected chi connectivity index (χ4v) is 2.71. The maximum Gasteiger partial charge on any atom is 0.337 e. The van der Waals surface area contributed by atoms with Crippen LogP contribution in [0.1, 0.15) is 37.3 Å². The second kappa shape index (κ2) is 5.17. The summed E-state index contributed by atoms with van der Waals surface area (Å²) in [4.78, 5) is 11.1. The smallest absolute Gasteiger partial charge is 0.337 e. The summed E-state index contributed by atoms with van der Waals surface area (Å²) in [6.45, 7) is 5.87. The van der Waals surface area contributed by atoms with Crippen molar-refractivity contribution in [2.24, 2.45) is 0 Å². The lowest BCUT2D eigenvalue weighted by Crippen LogP contribution is -2.12. The topological polar surface area (TPSA) is 71.7 Å². The lowest BCUT2D eigenvalue weighted by Gasteiger charge is -2.13. The largest absolute Gasteiger partial charge is 0.497 e. The number of carboxylic acid groups (broad SMARTS) is 1. The highest BCUT2D eigenvalue weighted by molar-refractivity contribution is 5.91. The summed E-state index contributed by atoms with van der Waals surface area (Å²) >= 11 is 0. The molecule has 1 aromatic carbocycles. The molecule has 0 saturated heterocycles. The number of aliphatic carboxylic acids is 1. The molecule has 2 aromatic rings. The van der Waals surface area contributed by atoms with Gasteiger partial charge >= 0.3 is 5.97 Å². The van der Waals surface area contributed by atoms with Crippen LogP contribution in [0, 0.1) is 6.92 Å². The van der Waals surface area contributed by atoms with Crippen molar-refractivity contribution in [1.29, 1.82) is 0 Å². The van der Waals surface area contributed by atoms with E-state index in [1.54, 1.807) is 13.2 Å². The van der Waals surface area contributed by atoms with E-state index in [4.69, 9.17) is 9.84 Å². The molecular weight excluding hydrogens is 258 g/mol. The second-order valence-corrected chi connectivity index (χ2v) is 5.09. The van der Waals surface area contributed by atoms with Gasteiger partial charge < -0.3 is 19.5 Å². The van der Waals surface area contributed by atoms with Crippen LogP contribution in [0.3, 0.4) is 0 Å². The van der Waals surface area contributed by atoms with Gasteiger partial charge in [-0.15, -0.1) is 0 Å². The van der Waals surface area contributed by atoms with E-state index in [9.17, 15) is 9.90 Å². The Bertz CT molecular complexity index is 657. The van der Waals surface area contributed by atoms with Crippen molar-refractivity contribution < 1.29 is 19.7 Å². The molecule has 0 aliphatic carbocycles. The zero-order chi connectivity index (χ0) is 15.0. The molecule has 1 unspecified atom stereocenters. The Kier molecular flexibility index (Phi) is 3.72. The number of aliphatic hydroxyl groups is 1. The highest BCUT2D eigenvalue weighted by Crippen LogP contribution is 2.35. The maximum absolute atomic E-state index is 11.1. The summed E-state index contributed by atoms with van der Waals surface area (Å²) in [5.74, 6) is -0.615. The van der Waals surface area contributed by atoms with Crippen molar-refractivity contribution in [2.45, 2.75) is 32.9 Å². The van der Waals surface area contributed by atoms with E-state index in [2.05, 4.69) is 0 Å². The van der Waals surface area contributed by atoms with E-state index in [0.29, 0.717) is 16.7 Å². The summed E-state index contributed by atoms with van der Waals surface area (Å²) in [6, 6.07) is 5.65. The van der Waals surface area contributed by atoms with E-state index < -0.39 is 12.1 Å². The van der Waals surface area contributed by atoms with E-state index in [0.717, 1.165) is 11.2 Å². The summed E-state index contributed by atoms with van der Waals surface area (Å²) in [7, 11) is 1.56. The number of aliphatic hydroxyl groups excluding tert-OH is 1. The highest BCUT2D eigenvalue weighted by atomic mass is 16.5. The molecule has 2 rings (SSSR count). The molecule has 2 N–H and O–H groups in total. The van der Waals surface area contributed by atoms with Crippen molar-refractivity contribution in [3.63, 3.8) is 0 Å². The first-order valence-corrected chi connectivity index (χ1v) is 6.47. The Morgan fingerprint density at radius 2 is 2.00 bits per heavy atom. The lowest BCUT2D eigenvalue weighted by atomic mass is 10.1. The van der Waals surface area contributed by atoms with Crippen molar-refractivity contribution in [3.8, 4) is 5.75 Å². The van der Waals surface area contributed by atoms with Crippen LogP contribution in [0.4, 0.5) is 0 Å². The number of ether oxygens (including phenoxy) is 1. The van der Waals surface area contributed by atoms with Gasteiger partial charge in [0.15, 0.2) is 6.10 Å². The predicted octanol–water partition coefficient (Wildman–Crippen LogP) is 2.66. The highest BCUT2D eigenvalue weighted by Gasteiger charge is 2.26. The third-order valence-electron chi connectivity index (χ3n) is 3.53. The summed E-state index contributed by atoms with van der Waals surface area (Å²) in [6.07, 6.45) is -1.54. The first-order chi connectivity index (χ1) is 9.38. The summed E-state index contributed by atoms with van der Waals surface area (Å²) < 4.78 is 7.21. The molecular formula is C15H19NO4. The van der Waals surface area contributed by atoms with Crippen LogP contribution < -0.4 is 4.74 Å². The fourth-order valence-electron chi connectivity index (χ4n) is 2.71. The SMILES string of the molecule is COc1ccc2c(c1)c(C(O)C(=O)O)c(C)n2C(C)C. The quantitative estimate of drug-likeness (QED) is 0.901. The molecule has 0 spiro atoms. The van der Waals surface area contributed by atoms with Gasteiger partial charge in [0.25, 0.3) is 0 Å². The zero-order valence-corrected chi connectivity index (χ0v) is 12.0. The summed E-state index contributed by atoms with van der Waals surface area (Å²) in [5.41, 5.74) is 2.09. The van der Waals surface area contributed by atoms with Gasteiger partial charge in [0.1, 0.15) is 5.75 Å². The van der Waals surface area contributed by atoms with Gasteiger partial charge in [-0.05, 0) is 39.0 Å². The van der Waals surface area contributed by atoms with E-state index in [1.807, 2.05) is 37.5 Å². The van der Waals surface area contributed by atoms with Crippen molar-refractivity contribution in [2.75, 3.05) is 7.11 Å². The van der Waals surface area contributed by atoms with Gasteiger partial charge in [0.2, 0.25) is 0 Å². The number of methoxy groups -OCH3 is 1. The molecule has 0 amide bonds. The van der Waals surface area contributed by atoms with E-state index >= 15 is 0 Å². The average molecular weight is 277 g/mol. The first-order valence-electron chi connectivity index (χ1n) is 6.47. The van der Waals surface area contributed by atoms with Crippen molar-refractivity contribution >= 4 is 16.9 Å². The molecule has 0 bridgehead atoms. The molecule has 0 radical (unpaired) electrons. The van der Waals surface area contributed by atoms with Gasteiger partial charge in [-0.3, -0.25) is 0 Å². The van der Waals surface area contributed by atoms with Crippen molar-refractivity contribution in [1.82, 2.24) is 4.57 Å². The van der Waals surface area contributed by atoms with Gasteiger partial charge in [0, 0.05) is 28.2 Å². The molecule has 0 aliphatic rings. The minimum atomic E-state index is -1.54. The third-order valence-corrected chi connectivity index (χ3v) is 3.53. The molecule has 108 valence electrons. The number of fused-ring (bicyclic) bond motifs is 1. The van der Waals surface area contributed by atoms with Crippen molar-refractivity contribution in [3.05, 3.63) is 29.5 Å². The van der Waals surface area contributed by atoms with Crippen LogP contribution in [0.2, 0.25) is 0 Å². The molecule has 0 fully saturated rings. The molecule has 20 heavy (non-hydrogen) atoms. The van der Waals surface area contributed by atoms with Crippen LogP contribution in [0.25, 0.3) is 10.9 Å². The minimum absolute atomic E-state index is 0.167. The normalized spacial score (nSPS) is 12.9. The number of nitrogens with zero attached hydrogens (tertiary/aromatic N) is 1. The molecule has 5 heteroatoms. The Morgan fingerprint density at radius 3 is 2.50 bits per heavy atom. The van der Waals surface area contributed by atoms with Crippen LogP contribution in [0.5, 0.6) is 5.75 Å². The van der Waals surface area contributed by atoms with E-state index in [-0.39, 0.29) is 6.04 Å². The molecule has 1 atom stereocenters. The molecule has 0 saturated carbocycles. The van der Waals surface area contributed by atoms with E-state index in [1.165, 1.54) is 0 Å². The van der Waals surface area contributed by atoms with Gasteiger partial charge in [-0.1, -0.05) is 0 Å². The number of hydrogen-bond donors (Lipinski definition) is 2. The third kappa shape index (κ3) is 2.14. The Morgan fingerprint density at radius 1 is 1.35 bits per heavy atom. The Hall–Kier alpha value is -2.01. The number of carboxylic acids is 1. The molecule has 0 aliphatic heterocycles. The van der Waals surface area contributed by atoms with Crippen LogP contribution in [0.15, 0.2) is 18.2 Å². The standard InChI is InChI=1S/C15H19NO4/c1-8(2)16-9(3)13(14(17)15(18)19)11-7-10(20-4)5-6-12(11)16/h5-8,14,17H,1-4H3,(H,18,19). The Labute approximate surface area is 117 Å². The Balaban J connectivity index is 2.83. The molecule has 5 nitrogen and oxygen atoms in total. The fraction of sp³-hybridized carbons (Fsp3) is 0.400. The van der Waals surface area contributed by atoms with Gasteiger partial charge in [-0.25, -0.2) is 4.79 Å². The average Bonchev–Trinajstić information content (AvgIpc) is 2.68. The molecule has 1 aromatic heterocycles. The number of rotatable bonds is 4. The molecule has 1 heterocycles. The van der Waals surface area contributed by atoms with Crippen LogP contribution in [-0.2, 0) is 4.79 Å². The number of benzene rings is 1.